The van der Waals surface area contributed by atoms with Gasteiger partial charge in [-0.3, -0.25) is 10.1 Å². The molecule has 0 bridgehead atoms. The summed E-state index contributed by atoms with van der Waals surface area (Å²) in [5.41, 5.74) is -0.501. The van der Waals surface area contributed by atoms with Crippen molar-refractivity contribution in [2.45, 2.75) is 5.60 Å². The number of hydrogen-bond donors (Lipinski definition) is 0. The Morgan fingerprint density at radius 3 is 2.44 bits per heavy atom. The van der Waals surface area contributed by atoms with Crippen molar-refractivity contribution in [2.75, 3.05) is 13.7 Å². The molecule has 2 rings (SSSR count). The highest BCUT2D eigenvalue weighted by Crippen LogP contribution is 2.40. The van der Waals surface area contributed by atoms with Crippen LogP contribution in [0.3, 0.4) is 0 Å². The molecule has 1 aromatic carbocycles. The fourth-order valence-corrected chi connectivity index (χ4v) is 1.49. The van der Waals surface area contributed by atoms with Crippen LogP contribution in [-0.4, -0.2) is 24.6 Å². The average Bonchev–Trinajstić information content (AvgIpc) is 3.09. The van der Waals surface area contributed by atoms with Crippen LogP contribution in [0.4, 0.5) is 5.69 Å². The Hall–Kier alpha value is -1.95. The number of nitro benzene ring substituents is 1. The zero-order valence-electron chi connectivity index (χ0n) is 8.50. The first-order valence-corrected chi connectivity index (χ1v) is 4.57. The molecule has 0 aliphatic carbocycles. The molecule has 6 nitrogen and oxygen atoms in total. The van der Waals surface area contributed by atoms with E-state index in [-0.39, 0.29) is 12.3 Å². The first-order chi connectivity index (χ1) is 7.60. The summed E-state index contributed by atoms with van der Waals surface area (Å²) in [5, 5.41) is 10.5. The quantitative estimate of drug-likeness (QED) is 0.330. The molecule has 0 aromatic heterocycles. The summed E-state index contributed by atoms with van der Waals surface area (Å²) in [4.78, 5) is 21.4. The topological polar surface area (TPSA) is 82.0 Å². The van der Waals surface area contributed by atoms with Crippen LogP contribution in [0.5, 0.6) is 0 Å². The fraction of sp³-hybridized carbons (Fsp3) is 0.300. The molecule has 6 heteroatoms. The van der Waals surface area contributed by atoms with Gasteiger partial charge in [-0.1, -0.05) is 0 Å². The third-order valence-electron chi connectivity index (χ3n) is 2.49. The highest BCUT2D eigenvalue weighted by Gasteiger charge is 2.55. The molecule has 1 saturated heterocycles. The van der Waals surface area contributed by atoms with E-state index in [9.17, 15) is 14.9 Å². The van der Waals surface area contributed by atoms with Crippen molar-refractivity contribution >= 4 is 11.7 Å². The Morgan fingerprint density at radius 2 is 2.06 bits per heavy atom. The van der Waals surface area contributed by atoms with E-state index in [4.69, 9.17) is 4.74 Å². The monoisotopic (exact) mass is 223 g/mol. The number of esters is 1. The lowest BCUT2D eigenvalue weighted by molar-refractivity contribution is -0.384. The summed E-state index contributed by atoms with van der Waals surface area (Å²) in [6.07, 6.45) is 0. The third-order valence-corrected chi connectivity index (χ3v) is 2.49. The summed E-state index contributed by atoms with van der Waals surface area (Å²) in [6.45, 7) is 0.248. The van der Waals surface area contributed by atoms with Crippen LogP contribution in [0.25, 0.3) is 0 Å². The molecule has 1 fully saturated rings. The Balaban J connectivity index is 2.29. The number of carbonyl (C=O) groups is 1. The SMILES string of the molecule is COC(=O)C1(c2ccc([N+](=O)[O-])cc2)CO1. The van der Waals surface area contributed by atoms with Crippen molar-refractivity contribution in [1.29, 1.82) is 0 Å². The minimum Gasteiger partial charge on any atom is -0.467 e. The highest BCUT2D eigenvalue weighted by atomic mass is 16.6. The zero-order chi connectivity index (χ0) is 11.8. The lowest BCUT2D eigenvalue weighted by Crippen LogP contribution is -2.23. The summed E-state index contributed by atoms with van der Waals surface area (Å²) in [6, 6.07) is 5.67. The van der Waals surface area contributed by atoms with E-state index < -0.39 is 16.5 Å². The number of rotatable bonds is 3. The first kappa shape index (κ1) is 10.6. The van der Waals surface area contributed by atoms with Gasteiger partial charge < -0.3 is 9.47 Å². The van der Waals surface area contributed by atoms with Crippen molar-refractivity contribution in [3.8, 4) is 0 Å². The molecular weight excluding hydrogens is 214 g/mol. The van der Waals surface area contributed by atoms with Crippen molar-refractivity contribution in [3.63, 3.8) is 0 Å². The molecule has 1 aromatic rings. The Bertz CT molecular complexity index is 435. The molecule has 0 spiro atoms. The molecule has 0 amide bonds. The van der Waals surface area contributed by atoms with E-state index in [2.05, 4.69) is 4.74 Å². The van der Waals surface area contributed by atoms with Crippen molar-refractivity contribution < 1.29 is 19.2 Å². The van der Waals surface area contributed by atoms with Crippen LogP contribution in [0, 0.1) is 10.1 Å². The van der Waals surface area contributed by atoms with Crippen LogP contribution < -0.4 is 0 Å². The van der Waals surface area contributed by atoms with Gasteiger partial charge in [0.05, 0.1) is 18.6 Å². The Morgan fingerprint density at radius 1 is 1.50 bits per heavy atom. The lowest BCUT2D eigenvalue weighted by atomic mass is 10.00. The summed E-state index contributed by atoms with van der Waals surface area (Å²) >= 11 is 0. The first-order valence-electron chi connectivity index (χ1n) is 4.57. The predicted molar refractivity (Wildman–Crippen MR) is 52.7 cm³/mol. The molecule has 1 unspecified atom stereocenters. The number of nitrogens with zero attached hydrogens (tertiary/aromatic N) is 1. The second-order valence-electron chi connectivity index (χ2n) is 3.41. The lowest BCUT2D eigenvalue weighted by Gasteiger charge is -2.08. The minimum atomic E-state index is -1.05. The van der Waals surface area contributed by atoms with E-state index >= 15 is 0 Å². The summed E-state index contributed by atoms with van der Waals surface area (Å²) in [5.74, 6) is -0.485. The van der Waals surface area contributed by atoms with Crippen molar-refractivity contribution in [3.05, 3.63) is 39.9 Å². The molecule has 84 valence electrons. The van der Waals surface area contributed by atoms with E-state index in [1.165, 1.54) is 31.4 Å². The maximum atomic E-state index is 11.4. The largest absolute Gasteiger partial charge is 0.467 e. The van der Waals surface area contributed by atoms with Crippen LogP contribution in [0.15, 0.2) is 24.3 Å². The normalized spacial score (nSPS) is 22.6. The van der Waals surface area contributed by atoms with Crippen molar-refractivity contribution in [2.24, 2.45) is 0 Å². The molecule has 1 aliphatic heterocycles. The maximum absolute atomic E-state index is 11.4. The second kappa shape index (κ2) is 3.57. The van der Waals surface area contributed by atoms with Gasteiger partial charge in [-0.15, -0.1) is 0 Å². The molecule has 0 saturated carbocycles. The Labute approximate surface area is 90.9 Å². The number of ether oxygens (including phenoxy) is 2. The molecule has 1 atom stereocenters. The number of epoxide rings is 1. The number of non-ortho nitro benzene ring substituents is 1. The van der Waals surface area contributed by atoms with Crippen LogP contribution >= 0.6 is 0 Å². The highest BCUT2D eigenvalue weighted by molar-refractivity contribution is 5.84. The van der Waals surface area contributed by atoms with Gasteiger partial charge in [0.15, 0.2) is 0 Å². The van der Waals surface area contributed by atoms with Gasteiger partial charge in [0, 0.05) is 12.1 Å². The van der Waals surface area contributed by atoms with Crippen molar-refractivity contribution in [1.82, 2.24) is 0 Å². The number of benzene rings is 1. The number of methoxy groups -OCH3 is 1. The maximum Gasteiger partial charge on any atom is 0.345 e. The molecule has 0 radical (unpaired) electrons. The Kier molecular flexibility index (Phi) is 2.35. The molecule has 1 heterocycles. The smallest absolute Gasteiger partial charge is 0.345 e. The molecule has 16 heavy (non-hydrogen) atoms. The molecular formula is C10H9NO5. The average molecular weight is 223 g/mol. The van der Waals surface area contributed by atoms with Gasteiger partial charge in [-0.25, -0.2) is 4.79 Å². The van der Waals surface area contributed by atoms with Crippen LogP contribution in [0.2, 0.25) is 0 Å². The number of nitro groups is 1. The summed E-state index contributed by atoms with van der Waals surface area (Å²) < 4.78 is 9.70. The van der Waals surface area contributed by atoms with Gasteiger partial charge >= 0.3 is 5.97 Å². The summed E-state index contributed by atoms with van der Waals surface area (Å²) in [7, 11) is 1.27. The molecule has 1 aliphatic rings. The van der Waals surface area contributed by atoms with E-state index in [0.717, 1.165) is 0 Å². The standard InChI is InChI=1S/C10H9NO5/c1-15-9(12)10(6-16-10)7-2-4-8(5-3-7)11(13)14/h2-5H,6H2,1H3. The second-order valence-corrected chi connectivity index (χ2v) is 3.41. The van der Waals surface area contributed by atoms with Crippen LogP contribution in [0.1, 0.15) is 5.56 Å². The van der Waals surface area contributed by atoms with Crippen LogP contribution in [-0.2, 0) is 19.9 Å². The predicted octanol–water partition coefficient (Wildman–Crippen LogP) is 0.993. The van der Waals surface area contributed by atoms with Gasteiger partial charge in [0.2, 0.25) is 5.60 Å². The third kappa shape index (κ3) is 1.53. The van der Waals surface area contributed by atoms with E-state index in [1.807, 2.05) is 0 Å². The van der Waals surface area contributed by atoms with Gasteiger partial charge in [-0.2, -0.15) is 0 Å². The van der Waals surface area contributed by atoms with Gasteiger partial charge in [0.25, 0.3) is 5.69 Å². The minimum absolute atomic E-state index is 0.0237. The van der Waals surface area contributed by atoms with E-state index in [0.29, 0.717) is 5.56 Å². The zero-order valence-corrected chi connectivity index (χ0v) is 8.50. The fourth-order valence-electron chi connectivity index (χ4n) is 1.49. The van der Waals surface area contributed by atoms with Gasteiger partial charge in [0.1, 0.15) is 0 Å². The van der Waals surface area contributed by atoms with E-state index in [1.54, 1.807) is 0 Å². The number of carbonyl (C=O) groups excluding carboxylic acids is 1. The van der Waals surface area contributed by atoms with Gasteiger partial charge in [-0.05, 0) is 17.7 Å². The number of hydrogen-bond acceptors (Lipinski definition) is 5. The molecule has 0 N–H and O–H groups in total.